The highest BCUT2D eigenvalue weighted by Crippen LogP contribution is 2.05. The topological polar surface area (TPSA) is 135 Å². The number of carbonyl (C=O) groups is 4. The number of hydrogen-bond donors (Lipinski definition) is 4. The monoisotopic (exact) mass is 486 g/mol. The number of unbranched alkanes of at least 4 members (excludes halogenated alkanes) is 2. The number of amides is 2. The van der Waals surface area contributed by atoms with E-state index in [1.807, 2.05) is 6.92 Å². The molecule has 0 saturated carbocycles. The Morgan fingerprint density at radius 2 is 1.18 bits per heavy atom. The highest BCUT2D eigenvalue weighted by atomic mass is 16.5. The van der Waals surface area contributed by atoms with Gasteiger partial charge in [0.15, 0.2) is 0 Å². The predicted molar refractivity (Wildman–Crippen MR) is 131 cm³/mol. The summed E-state index contributed by atoms with van der Waals surface area (Å²) in [6.07, 6.45) is 5.45. The zero-order valence-corrected chi connectivity index (χ0v) is 21.7. The third-order valence-electron chi connectivity index (χ3n) is 5.44. The van der Waals surface area contributed by atoms with Gasteiger partial charge in [-0.1, -0.05) is 33.6 Å². The Balaban J connectivity index is 4.20. The van der Waals surface area contributed by atoms with Crippen LogP contribution >= 0.6 is 0 Å². The molecule has 4 N–H and O–H groups in total. The van der Waals surface area contributed by atoms with Crippen LogP contribution in [0.2, 0.25) is 0 Å². The molecular weight excluding hydrogens is 440 g/mol. The summed E-state index contributed by atoms with van der Waals surface area (Å²) in [6.45, 7) is 8.42. The fourth-order valence-corrected chi connectivity index (χ4v) is 3.25. The molecule has 10 nitrogen and oxygen atoms in total. The summed E-state index contributed by atoms with van der Waals surface area (Å²) in [5.74, 6) is -1.08. The highest BCUT2D eigenvalue weighted by molar-refractivity contribution is 5.85. The minimum atomic E-state index is -0.646. The standard InChI is InChI=1S/C24H46N4O6/c1-6-8-12-25-19(23(31)33-4)15-21(29)27-14-10-11-18(3)17-28-22(30)16-20(24(32)34-5)26-13-9-7-2/h18-20,25-26H,6-17H2,1-5H3,(H,27,29)(H,28,30). The minimum Gasteiger partial charge on any atom is -0.468 e. The van der Waals surface area contributed by atoms with Gasteiger partial charge in [0, 0.05) is 13.1 Å². The summed E-state index contributed by atoms with van der Waals surface area (Å²) in [5.41, 5.74) is 0. The van der Waals surface area contributed by atoms with E-state index in [0.29, 0.717) is 26.2 Å². The molecule has 0 aromatic heterocycles. The van der Waals surface area contributed by atoms with Gasteiger partial charge < -0.3 is 30.7 Å². The molecular formula is C24H46N4O6. The minimum absolute atomic E-state index is 0.0345. The molecule has 0 spiro atoms. The lowest BCUT2D eigenvalue weighted by atomic mass is 10.1. The SMILES string of the molecule is CCCCNC(CC(=O)NCCCC(C)CNC(=O)CC(NCCCC)C(=O)OC)C(=O)OC. The third kappa shape index (κ3) is 15.6. The number of methoxy groups -OCH3 is 2. The van der Waals surface area contributed by atoms with E-state index < -0.39 is 24.0 Å². The number of ether oxygens (including phenoxy) is 2. The van der Waals surface area contributed by atoms with Crippen LogP contribution in [-0.4, -0.2) is 76.2 Å². The van der Waals surface area contributed by atoms with Crippen molar-refractivity contribution in [1.29, 1.82) is 0 Å². The first-order valence-corrected chi connectivity index (χ1v) is 12.4. The highest BCUT2D eigenvalue weighted by Gasteiger charge is 2.23. The molecule has 0 aliphatic rings. The number of hydrogen-bond acceptors (Lipinski definition) is 8. The van der Waals surface area contributed by atoms with E-state index in [0.717, 1.165) is 38.5 Å². The number of esters is 2. The second kappa shape index (κ2) is 20.2. The summed E-state index contributed by atoms with van der Waals surface area (Å²) in [5, 5.41) is 11.8. The average Bonchev–Trinajstić information content (AvgIpc) is 2.83. The zero-order valence-electron chi connectivity index (χ0n) is 21.7. The van der Waals surface area contributed by atoms with Gasteiger partial charge in [-0.25, -0.2) is 0 Å². The number of nitrogens with one attached hydrogen (secondary N) is 4. The fraction of sp³-hybridized carbons (Fsp3) is 0.833. The molecule has 0 rings (SSSR count). The van der Waals surface area contributed by atoms with Crippen molar-refractivity contribution in [2.45, 2.75) is 84.2 Å². The zero-order chi connectivity index (χ0) is 25.8. The maximum atomic E-state index is 12.2. The Kier molecular flexibility index (Phi) is 18.9. The second-order valence-corrected chi connectivity index (χ2v) is 8.58. The van der Waals surface area contributed by atoms with Gasteiger partial charge in [-0.15, -0.1) is 0 Å². The largest absolute Gasteiger partial charge is 0.468 e. The molecule has 0 bridgehead atoms. The van der Waals surface area contributed by atoms with Crippen LogP contribution in [0.15, 0.2) is 0 Å². The van der Waals surface area contributed by atoms with Crippen LogP contribution < -0.4 is 21.3 Å². The molecule has 0 aromatic carbocycles. The Labute approximate surface area is 204 Å². The summed E-state index contributed by atoms with van der Waals surface area (Å²) < 4.78 is 9.55. The molecule has 0 aliphatic carbocycles. The molecule has 198 valence electrons. The normalized spacial score (nSPS) is 13.4. The molecule has 0 aliphatic heterocycles. The van der Waals surface area contributed by atoms with Crippen molar-refractivity contribution in [3.8, 4) is 0 Å². The van der Waals surface area contributed by atoms with Crippen molar-refractivity contribution in [3.05, 3.63) is 0 Å². The van der Waals surface area contributed by atoms with Crippen LogP contribution in [0, 0.1) is 5.92 Å². The van der Waals surface area contributed by atoms with E-state index >= 15 is 0 Å². The predicted octanol–water partition coefficient (Wildman–Crippen LogP) is 1.28. The Morgan fingerprint density at radius 3 is 1.62 bits per heavy atom. The van der Waals surface area contributed by atoms with Gasteiger partial charge in [-0.05, 0) is 44.7 Å². The molecule has 0 heterocycles. The average molecular weight is 487 g/mol. The van der Waals surface area contributed by atoms with Crippen LogP contribution in [0.3, 0.4) is 0 Å². The molecule has 0 radical (unpaired) electrons. The molecule has 0 aromatic rings. The van der Waals surface area contributed by atoms with Crippen molar-refractivity contribution in [2.24, 2.45) is 5.92 Å². The summed E-state index contributed by atoms with van der Waals surface area (Å²) >= 11 is 0. The van der Waals surface area contributed by atoms with Crippen LogP contribution in [0.4, 0.5) is 0 Å². The lowest BCUT2D eigenvalue weighted by Gasteiger charge is -2.18. The summed E-state index contributed by atoms with van der Waals surface area (Å²) in [7, 11) is 2.63. The van der Waals surface area contributed by atoms with Crippen molar-refractivity contribution in [1.82, 2.24) is 21.3 Å². The van der Waals surface area contributed by atoms with E-state index in [1.165, 1.54) is 14.2 Å². The number of rotatable bonds is 20. The van der Waals surface area contributed by atoms with Crippen LogP contribution in [-0.2, 0) is 28.7 Å². The van der Waals surface area contributed by atoms with Gasteiger partial charge in [0.1, 0.15) is 12.1 Å². The Morgan fingerprint density at radius 1 is 0.706 bits per heavy atom. The molecule has 10 heteroatoms. The smallest absolute Gasteiger partial charge is 0.323 e. The first-order chi connectivity index (χ1) is 16.3. The first kappa shape index (κ1) is 31.8. The van der Waals surface area contributed by atoms with Gasteiger partial charge in [0.05, 0.1) is 27.1 Å². The first-order valence-electron chi connectivity index (χ1n) is 12.4. The van der Waals surface area contributed by atoms with Gasteiger partial charge in [-0.2, -0.15) is 0 Å². The van der Waals surface area contributed by atoms with Gasteiger partial charge in [-0.3, -0.25) is 19.2 Å². The molecule has 0 saturated heterocycles. The van der Waals surface area contributed by atoms with E-state index in [-0.39, 0.29) is 30.6 Å². The maximum Gasteiger partial charge on any atom is 0.323 e. The van der Waals surface area contributed by atoms with Crippen molar-refractivity contribution in [2.75, 3.05) is 40.4 Å². The summed E-state index contributed by atoms with van der Waals surface area (Å²) in [4.78, 5) is 48.1. The van der Waals surface area contributed by atoms with Crippen molar-refractivity contribution in [3.63, 3.8) is 0 Å². The quantitative estimate of drug-likeness (QED) is 0.149. The van der Waals surface area contributed by atoms with Crippen molar-refractivity contribution < 1.29 is 28.7 Å². The Bertz CT molecular complexity index is 602. The van der Waals surface area contributed by atoms with Crippen LogP contribution in [0.25, 0.3) is 0 Å². The maximum absolute atomic E-state index is 12.2. The molecule has 2 amide bonds. The van der Waals surface area contributed by atoms with Crippen molar-refractivity contribution >= 4 is 23.8 Å². The molecule has 3 unspecified atom stereocenters. The van der Waals surface area contributed by atoms with E-state index in [9.17, 15) is 19.2 Å². The van der Waals surface area contributed by atoms with Gasteiger partial charge in [0.25, 0.3) is 0 Å². The fourth-order valence-electron chi connectivity index (χ4n) is 3.25. The Hall–Kier alpha value is -2.20. The second-order valence-electron chi connectivity index (χ2n) is 8.58. The molecule has 0 fully saturated rings. The third-order valence-corrected chi connectivity index (χ3v) is 5.44. The van der Waals surface area contributed by atoms with Gasteiger partial charge >= 0.3 is 11.9 Å². The molecule has 3 atom stereocenters. The number of carbonyl (C=O) groups excluding carboxylic acids is 4. The van der Waals surface area contributed by atoms with E-state index in [1.54, 1.807) is 0 Å². The van der Waals surface area contributed by atoms with Crippen LogP contribution in [0.1, 0.15) is 72.1 Å². The lowest BCUT2D eigenvalue weighted by molar-refractivity contribution is -0.145. The van der Waals surface area contributed by atoms with E-state index in [4.69, 9.17) is 9.47 Å². The lowest BCUT2D eigenvalue weighted by Crippen LogP contribution is -2.43. The van der Waals surface area contributed by atoms with Crippen LogP contribution in [0.5, 0.6) is 0 Å². The van der Waals surface area contributed by atoms with E-state index in [2.05, 4.69) is 35.1 Å². The molecule has 34 heavy (non-hydrogen) atoms. The summed E-state index contributed by atoms with van der Waals surface area (Å²) in [6, 6.07) is -1.29. The van der Waals surface area contributed by atoms with Gasteiger partial charge in [0.2, 0.25) is 11.8 Å².